The van der Waals surface area contributed by atoms with Crippen LogP contribution in [0.1, 0.15) is 62.8 Å². The molecule has 1 aliphatic rings. The van der Waals surface area contributed by atoms with Gasteiger partial charge in [-0.25, -0.2) is 0 Å². The van der Waals surface area contributed by atoms with Gasteiger partial charge in [-0.3, -0.25) is 0 Å². The molecule has 4 heteroatoms. The fourth-order valence-electron chi connectivity index (χ4n) is 2.60. The molecule has 0 radical (unpaired) electrons. The van der Waals surface area contributed by atoms with Gasteiger partial charge in [-0.15, -0.1) is 10.2 Å². The van der Waals surface area contributed by atoms with Crippen molar-refractivity contribution in [2.45, 2.75) is 57.8 Å². The number of anilines is 1. The number of nitrogen functional groups attached to an aromatic ring is 1. The zero-order valence-electron chi connectivity index (χ0n) is 9.98. The van der Waals surface area contributed by atoms with Gasteiger partial charge in [0, 0.05) is 5.92 Å². The zero-order valence-corrected chi connectivity index (χ0v) is 10.8. The van der Waals surface area contributed by atoms with Crippen LogP contribution in [0, 0.1) is 5.92 Å². The van der Waals surface area contributed by atoms with E-state index in [4.69, 9.17) is 5.73 Å². The summed E-state index contributed by atoms with van der Waals surface area (Å²) in [5.74, 6) is 1.59. The highest BCUT2D eigenvalue weighted by Crippen LogP contribution is 2.38. The van der Waals surface area contributed by atoms with Crippen molar-refractivity contribution in [3.8, 4) is 0 Å². The van der Waals surface area contributed by atoms with Crippen LogP contribution in [0.5, 0.6) is 0 Å². The van der Waals surface area contributed by atoms with Crippen LogP contribution in [0.3, 0.4) is 0 Å². The van der Waals surface area contributed by atoms with Crippen molar-refractivity contribution in [2.24, 2.45) is 5.92 Å². The molecule has 0 amide bonds. The number of nitrogens with two attached hydrogens (primary N) is 1. The highest BCUT2D eigenvalue weighted by molar-refractivity contribution is 7.15. The molecule has 16 heavy (non-hydrogen) atoms. The summed E-state index contributed by atoms with van der Waals surface area (Å²) >= 11 is 1.57. The minimum Gasteiger partial charge on any atom is -0.374 e. The number of aromatic nitrogens is 2. The summed E-state index contributed by atoms with van der Waals surface area (Å²) < 4.78 is 0. The predicted molar refractivity (Wildman–Crippen MR) is 68.5 cm³/mol. The first-order valence-electron chi connectivity index (χ1n) is 6.38. The van der Waals surface area contributed by atoms with E-state index in [9.17, 15) is 0 Å². The Morgan fingerprint density at radius 2 is 2.00 bits per heavy atom. The van der Waals surface area contributed by atoms with Crippen LogP contribution in [0.2, 0.25) is 0 Å². The molecule has 3 nitrogen and oxygen atoms in total. The smallest absolute Gasteiger partial charge is 0.203 e. The van der Waals surface area contributed by atoms with Crippen molar-refractivity contribution >= 4 is 16.5 Å². The highest BCUT2D eigenvalue weighted by Gasteiger charge is 2.24. The van der Waals surface area contributed by atoms with Gasteiger partial charge < -0.3 is 5.73 Å². The van der Waals surface area contributed by atoms with Crippen LogP contribution >= 0.6 is 11.3 Å². The van der Waals surface area contributed by atoms with Crippen LogP contribution in [-0.2, 0) is 0 Å². The van der Waals surface area contributed by atoms with Crippen LogP contribution in [0.4, 0.5) is 5.13 Å². The lowest BCUT2D eigenvalue weighted by atomic mass is 9.80. The van der Waals surface area contributed by atoms with Crippen molar-refractivity contribution in [2.75, 3.05) is 5.73 Å². The van der Waals surface area contributed by atoms with Crippen LogP contribution < -0.4 is 5.73 Å². The Hall–Kier alpha value is -0.640. The molecular formula is C12H21N3S. The lowest BCUT2D eigenvalue weighted by Crippen LogP contribution is -2.13. The third kappa shape index (κ3) is 2.94. The Balaban J connectivity index is 1.81. The van der Waals surface area contributed by atoms with E-state index in [1.54, 1.807) is 11.3 Å². The van der Waals surface area contributed by atoms with Gasteiger partial charge in [0.2, 0.25) is 5.13 Å². The first kappa shape index (κ1) is 11.8. The van der Waals surface area contributed by atoms with Gasteiger partial charge in [-0.1, -0.05) is 37.5 Å². The first-order chi connectivity index (χ1) is 7.79. The second-order valence-electron chi connectivity index (χ2n) is 4.84. The summed E-state index contributed by atoms with van der Waals surface area (Å²) in [7, 11) is 0. The van der Waals surface area contributed by atoms with Crippen molar-refractivity contribution < 1.29 is 0 Å². The van der Waals surface area contributed by atoms with E-state index in [-0.39, 0.29) is 0 Å². The van der Waals surface area contributed by atoms with Gasteiger partial charge >= 0.3 is 0 Å². The first-order valence-corrected chi connectivity index (χ1v) is 7.20. The Kier molecular flexibility index (Phi) is 4.16. The average Bonchev–Trinajstić information content (AvgIpc) is 2.74. The van der Waals surface area contributed by atoms with Crippen molar-refractivity contribution in [3.63, 3.8) is 0 Å². The summed E-state index contributed by atoms with van der Waals surface area (Å²) in [5.41, 5.74) is 5.62. The lowest BCUT2D eigenvalue weighted by Gasteiger charge is -2.26. The molecule has 2 rings (SSSR count). The standard InChI is InChI=1S/C12H21N3S/c1-2-3-4-9-5-7-10(8-6-9)11-14-15-12(13)16-11/h9-10H,2-8H2,1H3,(H2,13,15). The van der Waals surface area contributed by atoms with Crippen molar-refractivity contribution in [1.82, 2.24) is 10.2 Å². The molecule has 0 unspecified atom stereocenters. The van der Waals surface area contributed by atoms with E-state index < -0.39 is 0 Å². The Bertz CT molecular complexity index is 316. The maximum Gasteiger partial charge on any atom is 0.203 e. The molecule has 0 aromatic carbocycles. The van der Waals surface area contributed by atoms with E-state index in [0.717, 1.165) is 10.9 Å². The summed E-state index contributed by atoms with van der Waals surface area (Å²) in [6.07, 6.45) is 9.43. The molecule has 0 bridgehead atoms. The molecule has 1 saturated carbocycles. The van der Waals surface area contributed by atoms with Gasteiger partial charge in [-0.2, -0.15) is 0 Å². The minimum absolute atomic E-state index is 0.614. The number of rotatable bonds is 4. The van der Waals surface area contributed by atoms with Gasteiger partial charge in [0.05, 0.1) is 0 Å². The SMILES string of the molecule is CCCCC1CCC(c2nnc(N)s2)CC1. The molecule has 0 aliphatic heterocycles. The highest BCUT2D eigenvalue weighted by atomic mass is 32.1. The quantitative estimate of drug-likeness (QED) is 0.873. The average molecular weight is 239 g/mol. The third-order valence-electron chi connectivity index (χ3n) is 3.62. The summed E-state index contributed by atoms with van der Waals surface area (Å²) in [5, 5.41) is 9.85. The second kappa shape index (κ2) is 5.62. The van der Waals surface area contributed by atoms with Gasteiger partial charge in [-0.05, 0) is 31.6 Å². The number of hydrogen-bond donors (Lipinski definition) is 1. The molecule has 2 N–H and O–H groups in total. The molecular weight excluding hydrogens is 218 g/mol. The molecule has 0 saturated heterocycles. The summed E-state index contributed by atoms with van der Waals surface area (Å²) in [4.78, 5) is 0. The Morgan fingerprint density at radius 1 is 1.25 bits per heavy atom. The largest absolute Gasteiger partial charge is 0.374 e. The van der Waals surface area contributed by atoms with E-state index in [2.05, 4.69) is 17.1 Å². The van der Waals surface area contributed by atoms with Crippen LogP contribution in [0.25, 0.3) is 0 Å². The Labute approximate surface area is 101 Å². The minimum atomic E-state index is 0.614. The van der Waals surface area contributed by atoms with Gasteiger partial charge in [0.15, 0.2) is 0 Å². The molecule has 0 spiro atoms. The lowest BCUT2D eigenvalue weighted by molar-refractivity contribution is 0.303. The fraction of sp³-hybridized carbons (Fsp3) is 0.833. The molecule has 1 fully saturated rings. The molecule has 0 atom stereocenters. The van der Waals surface area contributed by atoms with E-state index in [0.29, 0.717) is 11.0 Å². The van der Waals surface area contributed by atoms with E-state index >= 15 is 0 Å². The normalized spacial score (nSPS) is 25.8. The van der Waals surface area contributed by atoms with Crippen molar-refractivity contribution in [3.05, 3.63) is 5.01 Å². The second-order valence-corrected chi connectivity index (χ2v) is 5.88. The third-order valence-corrected chi connectivity index (χ3v) is 4.53. The summed E-state index contributed by atoms with van der Waals surface area (Å²) in [6.45, 7) is 2.27. The maximum atomic E-state index is 5.62. The number of unbranched alkanes of at least 4 members (excludes halogenated alkanes) is 1. The number of hydrogen-bond acceptors (Lipinski definition) is 4. The van der Waals surface area contributed by atoms with Crippen molar-refractivity contribution in [1.29, 1.82) is 0 Å². The number of nitrogens with zero attached hydrogens (tertiary/aromatic N) is 2. The monoisotopic (exact) mass is 239 g/mol. The predicted octanol–water partition coefficient (Wildman–Crippen LogP) is 3.58. The maximum absolute atomic E-state index is 5.62. The topological polar surface area (TPSA) is 51.8 Å². The van der Waals surface area contributed by atoms with Gasteiger partial charge in [0.25, 0.3) is 0 Å². The molecule has 90 valence electrons. The molecule has 1 aliphatic carbocycles. The molecule has 1 heterocycles. The fourth-order valence-corrected chi connectivity index (χ4v) is 3.38. The van der Waals surface area contributed by atoms with E-state index in [1.807, 2.05) is 0 Å². The molecule has 1 aromatic rings. The Morgan fingerprint density at radius 3 is 2.56 bits per heavy atom. The summed E-state index contributed by atoms with van der Waals surface area (Å²) in [6, 6.07) is 0. The van der Waals surface area contributed by atoms with E-state index in [1.165, 1.54) is 44.9 Å². The van der Waals surface area contributed by atoms with Crippen LogP contribution in [-0.4, -0.2) is 10.2 Å². The zero-order chi connectivity index (χ0) is 11.4. The van der Waals surface area contributed by atoms with Gasteiger partial charge in [0.1, 0.15) is 5.01 Å². The van der Waals surface area contributed by atoms with Crippen LogP contribution in [0.15, 0.2) is 0 Å². The molecule has 1 aromatic heterocycles.